The maximum absolute atomic E-state index is 12.2. The number of carbonyl (C=O) groups excluding carboxylic acids is 1. The Morgan fingerprint density at radius 2 is 2.19 bits per heavy atom. The van der Waals surface area contributed by atoms with Gasteiger partial charge in [-0.25, -0.2) is 0 Å². The molecule has 1 saturated carbocycles. The molecule has 1 amide bonds. The van der Waals surface area contributed by atoms with E-state index in [2.05, 4.69) is 12.2 Å². The van der Waals surface area contributed by atoms with Gasteiger partial charge in [-0.1, -0.05) is 43.5 Å². The highest BCUT2D eigenvalue weighted by Crippen LogP contribution is 2.24. The molecule has 110 valence electrons. The fraction of sp³-hybridized carbons (Fsp3) is 0.412. The SMILES string of the molecule is C[C@H]1CCCC[C@H]1NC(=O)/C(C#N)=C/c1cccc(Cl)c1. The van der Waals surface area contributed by atoms with Gasteiger partial charge in [0, 0.05) is 11.1 Å². The number of nitrogens with zero attached hydrogens (tertiary/aromatic N) is 1. The molecule has 0 aromatic heterocycles. The summed E-state index contributed by atoms with van der Waals surface area (Å²) in [6.07, 6.45) is 6.05. The van der Waals surface area contributed by atoms with E-state index in [9.17, 15) is 10.1 Å². The van der Waals surface area contributed by atoms with Crippen LogP contribution in [0.3, 0.4) is 0 Å². The van der Waals surface area contributed by atoms with Crippen LogP contribution in [0.5, 0.6) is 0 Å². The zero-order valence-corrected chi connectivity index (χ0v) is 12.9. The summed E-state index contributed by atoms with van der Waals surface area (Å²) >= 11 is 5.91. The van der Waals surface area contributed by atoms with Crippen molar-refractivity contribution in [2.45, 2.75) is 38.6 Å². The maximum atomic E-state index is 12.2. The summed E-state index contributed by atoms with van der Waals surface area (Å²) in [5, 5.41) is 12.8. The van der Waals surface area contributed by atoms with Crippen molar-refractivity contribution in [1.29, 1.82) is 5.26 Å². The maximum Gasteiger partial charge on any atom is 0.262 e. The second-order valence-corrected chi connectivity index (χ2v) is 6.00. The van der Waals surface area contributed by atoms with Gasteiger partial charge in [-0.2, -0.15) is 5.26 Å². The van der Waals surface area contributed by atoms with E-state index < -0.39 is 0 Å². The zero-order valence-electron chi connectivity index (χ0n) is 12.1. The normalized spacial score (nSPS) is 22.4. The third-order valence-electron chi connectivity index (χ3n) is 3.95. The number of nitrogens with one attached hydrogen (secondary N) is 1. The van der Waals surface area contributed by atoms with E-state index in [1.54, 1.807) is 24.3 Å². The number of carbonyl (C=O) groups is 1. The van der Waals surface area contributed by atoms with Gasteiger partial charge in [0.15, 0.2) is 0 Å². The van der Waals surface area contributed by atoms with Crippen LogP contribution in [0.15, 0.2) is 29.8 Å². The highest BCUT2D eigenvalue weighted by atomic mass is 35.5. The monoisotopic (exact) mass is 302 g/mol. The molecule has 21 heavy (non-hydrogen) atoms. The molecule has 1 N–H and O–H groups in total. The number of nitriles is 1. The van der Waals surface area contributed by atoms with Crippen molar-refractivity contribution in [2.75, 3.05) is 0 Å². The molecule has 1 aromatic rings. The van der Waals surface area contributed by atoms with Crippen LogP contribution in [0.25, 0.3) is 6.08 Å². The molecule has 1 fully saturated rings. The minimum Gasteiger partial charge on any atom is -0.348 e. The van der Waals surface area contributed by atoms with Crippen molar-refractivity contribution in [2.24, 2.45) is 5.92 Å². The number of hydrogen-bond donors (Lipinski definition) is 1. The van der Waals surface area contributed by atoms with Crippen molar-refractivity contribution < 1.29 is 4.79 Å². The Morgan fingerprint density at radius 1 is 1.43 bits per heavy atom. The van der Waals surface area contributed by atoms with Crippen LogP contribution < -0.4 is 5.32 Å². The van der Waals surface area contributed by atoms with E-state index in [4.69, 9.17) is 11.6 Å². The summed E-state index contributed by atoms with van der Waals surface area (Å²) in [7, 11) is 0. The lowest BCUT2D eigenvalue weighted by Crippen LogP contribution is -2.41. The van der Waals surface area contributed by atoms with Crippen molar-refractivity contribution in [3.05, 3.63) is 40.4 Å². The molecule has 0 aliphatic heterocycles. The molecule has 0 radical (unpaired) electrons. The Hall–Kier alpha value is -1.79. The van der Waals surface area contributed by atoms with Crippen molar-refractivity contribution in [3.8, 4) is 6.07 Å². The Morgan fingerprint density at radius 3 is 2.86 bits per heavy atom. The van der Waals surface area contributed by atoms with E-state index in [1.807, 2.05) is 12.1 Å². The van der Waals surface area contributed by atoms with Gasteiger partial charge in [-0.15, -0.1) is 0 Å². The molecule has 0 saturated heterocycles. The van der Waals surface area contributed by atoms with E-state index >= 15 is 0 Å². The first-order chi connectivity index (χ1) is 10.1. The van der Waals surface area contributed by atoms with Gasteiger partial charge in [-0.3, -0.25) is 4.79 Å². The first kappa shape index (κ1) is 15.6. The second-order valence-electron chi connectivity index (χ2n) is 5.57. The third kappa shape index (κ3) is 4.34. The molecule has 0 heterocycles. The molecule has 1 aliphatic carbocycles. The zero-order chi connectivity index (χ0) is 15.2. The van der Waals surface area contributed by atoms with E-state index in [0.717, 1.165) is 24.8 Å². The lowest BCUT2D eigenvalue weighted by Gasteiger charge is -2.29. The number of benzene rings is 1. The molecule has 0 unspecified atom stereocenters. The van der Waals surface area contributed by atoms with Gasteiger partial charge in [0.1, 0.15) is 11.6 Å². The Bertz CT molecular complexity index is 589. The van der Waals surface area contributed by atoms with Gasteiger partial charge >= 0.3 is 0 Å². The van der Waals surface area contributed by atoms with Crippen LogP contribution in [0.4, 0.5) is 0 Å². The average Bonchev–Trinajstić information content (AvgIpc) is 2.47. The van der Waals surface area contributed by atoms with Crippen LogP contribution in [0, 0.1) is 17.2 Å². The van der Waals surface area contributed by atoms with Gasteiger partial charge in [0.2, 0.25) is 0 Å². The fourth-order valence-corrected chi connectivity index (χ4v) is 2.89. The lowest BCUT2D eigenvalue weighted by atomic mass is 9.86. The summed E-state index contributed by atoms with van der Waals surface area (Å²) in [6, 6.07) is 9.25. The van der Waals surface area contributed by atoms with Crippen LogP contribution >= 0.6 is 11.6 Å². The topological polar surface area (TPSA) is 52.9 Å². The van der Waals surface area contributed by atoms with Crippen LogP contribution in [-0.2, 0) is 4.79 Å². The summed E-state index contributed by atoms with van der Waals surface area (Å²) < 4.78 is 0. The first-order valence-corrected chi connectivity index (χ1v) is 7.66. The molecule has 2 rings (SSSR count). The second kappa shape index (κ2) is 7.28. The highest BCUT2D eigenvalue weighted by molar-refractivity contribution is 6.30. The lowest BCUT2D eigenvalue weighted by molar-refractivity contribution is -0.118. The Labute approximate surface area is 130 Å². The molecular formula is C17H19ClN2O. The summed E-state index contributed by atoms with van der Waals surface area (Å²) in [5.41, 5.74) is 0.876. The molecule has 2 atom stereocenters. The Kier molecular flexibility index (Phi) is 5.41. The predicted octanol–water partition coefficient (Wildman–Crippen LogP) is 3.94. The molecule has 1 aromatic carbocycles. The summed E-state index contributed by atoms with van der Waals surface area (Å²) in [4.78, 5) is 12.2. The molecule has 0 spiro atoms. The number of hydrogen-bond acceptors (Lipinski definition) is 2. The average molecular weight is 303 g/mol. The largest absolute Gasteiger partial charge is 0.348 e. The van der Waals surface area contributed by atoms with Crippen molar-refractivity contribution in [3.63, 3.8) is 0 Å². The van der Waals surface area contributed by atoms with Crippen molar-refractivity contribution >= 4 is 23.6 Å². The number of rotatable bonds is 3. The fourth-order valence-electron chi connectivity index (χ4n) is 2.69. The Balaban J connectivity index is 2.10. The highest BCUT2D eigenvalue weighted by Gasteiger charge is 2.23. The number of amides is 1. The van der Waals surface area contributed by atoms with Crippen LogP contribution in [0.1, 0.15) is 38.2 Å². The molecular weight excluding hydrogens is 284 g/mol. The number of halogens is 1. The summed E-state index contributed by atoms with van der Waals surface area (Å²) in [5.74, 6) is 0.171. The predicted molar refractivity (Wildman–Crippen MR) is 84.6 cm³/mol. The van der Waals surface area contributed by atoms with E-state index in [1.165, 1.54) is 6.42 Å². The standard InChI is InChI=1S/C17H19ClN2O/c1-12-5-2-3-8-16(12)20-17(21)14(11-19)9-13-6-4-7-15(18)10-13/h4,6-7,9-10,12,16H,2-3,5,8H2,1H3,(H,20,21)/b14-9+/t12-,16+/m0/s1. The smallest absolute Gasteiger partial charge is 0.262 e. The third-order valence-corrected chi connectivity index (χ3v) is 4.19. The van der Waals surface area contributed by atoms with Gasteiger partial charge in [-0.05, 0) is 42.5 Å². The first-order valence-electron chi connectivity index (χ1n) is 7.28. The minimum absolute atomic E-state index is 0.120. The molecule has 0 bridgehead atoms. The molecule has 3 nitrogen and oxygen atoms in total. The van der Waals surface area contributed by atoms with Crippen LogP contribution in [0.2, 0.25) is 5.02 Å². The quantitative estimate of drug-likeness (QED) is 0.679. The molecule has 1 aliphatic rings. The van der Waals surface area contributed by atoms with Crippen molar-refractivity contribution in [1.82, 2.24) is 5.32 Å². The van der Waals surface area contributed by atoms with E-state index in [0.29, 0.717) is 10.9 Å². The van der Waals surface area contributed by atoms with E-state index in [-0.39, 0.29) is 17.5 Å². The van der Waals surface area contributed by atoms with Gasteiger partial charge in [0.25, 0.3) is 5.91 Å². The van der Waals surface area contributed by atoms with Gasteiger partial charge < -0.3 is 5.32 Å². The summed E-state index contributed by atoms with van der Waals surface area (Å²) in [6.45, 7) is 2.15. The van der Waals surface area contributed by atoms with Crippen LogP contribution in [-0.4, -0.2) is 11.9 Å². The minimum atomic E-state index is -0.295. The molecule has 4 heteroatoms. The van der Waals surface area contributed by atoms with Gasteiger partial charge in [0.05, 0.1) is 0 Å².